The minimum atomic E-state index is -0.770. The van der Waals surface area contributed by atoms with Gasteiger partial charge in [0, 0.05) is 31.7 Å². The minimum Gasteiger partial charge on any atom is -0.505 e. The second kappa shape index (κ2) is 10.5. The molecular weight excluding hydrogens is 482 g/mol. The van der Waals surface area contributed by atoms with E-state index >= 15 is 0 Å². The lowest BCUT2D eigenvalue weighted by atomic mass is 9.96. The molecule has 0 radical (unpaired) electrons. The number of benzene rings is 1. The highest BCUT2D eigenvalue weighted by Gasteiger charge is 2.46. The number of imidazole rings is 2. The molecule has 1 fully saturated rings. The van der Waals surface area contributed by atoms with Crippen molar-refractivity contribution in [3.05, 3.63) is 89.4 Å². The number of rotatable bonds is 9. The van der Waals surface area contributed by atoms with E-state index in [9.17, 15) is 14.7 Å². The highest BCUT2D eigenvalue weighted by Crippen LogP contribution is 2.40. The van der Waals surface area contributed by atoms with E-state index < -0.39 is 17.7 Å². The number of amides is 1. The van der Waals surface area contributed by atoms with Crippen LogP contribution in [-0.4, -0.2) is 53.8 Å². The Morgan fingerprint density at radius 3 is 2.68 bits per heavy atom. The molecule has 0 saturated carbocycles. The van der Waals surface area contributed by atoms with Gasteiger partial charge in [-0.1, -0.05) is 25.1 Å². The van der Waals surface area contributed by atoms with E-state index in [1.165, 1.54) is 0 Å². The van der Waals surface area contributed by atoms with Crippen molar-refractivity contribution in [2.45, 2.75) is 46.2 Å². The lowest BCUT2D eigenvalue weighted by Gasteiger charge is -2.25. The highest BCUT2D eigenvalue weighted by atomic mass is 16.5. The molecule has 1 aromatic carbocycles. The quantitative estimate of drug-likeness (QED) is 0.202. The van der Waals surface area contributed by atoms with Crippen molar-refractivity contribution in [1.29, 1.82) is 0 Å². The number of fused-ring (bicyclic) bond motifs is 1. The predicted molar refractivity (Wildman–Crippen MR) is 143 cm³/mol. The maximum absolute atomic E-state index is 13.5. The van der Waals surface area contributed by atoms with Gasteiger partial charge in [-0.2, -0.15) is 0 Å². The summed E-state index contributed by atoms with van der Waals surface area (Å²) < 4.78 is 9.63. The second-order valence-corrected chi connectivity index (χ2v) is 9.50. The average Bonchev–Trinajstić information content (AvgIpc) is 3.62. The monoisotopic (exact) mass is 513 g/mol. The van der Waals surface area contributed by atoms with Crippen LogP contribution >= 0.6 is 0 Å². The van der Waals surface area contributed by atoms with Gasteiger partial charge >= 0.3 is 0 Å². The summed E-state index contributed by atoms with van der Waals surface area (Å²) in [7, 11) is 0. The van der Waals surface area contributed by atoms with E-state index in [1.54, 1.807) is 17.4 Å². The second-order valence-electron chi connectivity index (χ2n) is 9.50. The number of aliphatic hydroxyl groups excluding tert-OH is 1. The van der Waals surface area contributed by atoms with Crippen LogP contribution in [0.3, 0.4) is 0 Å². The molecule has 38 heavy (non-hydrogen) atoms. The number of likely N-dealkylation sites (tertiary alicyclic amines) is 1. The molecule has 1 amide bonds. The Kier molecular flexibility index (Phi) is 7.00. The van der Waals surface area contributed by atoms with Gasteiger partial charge in [-0.3, -0.25) is 9.59 Å². The summed E-state index contributed by atoms with van der Waals surface area (Å²) in [5.41, 5.74) is 3.33. The Balaban J connectivity index is 1.60. The molecular formula is C29H31N5O4. The Hall–Kier alpha value is -4.40. The number of hydrogen-bond donors (Lipinski definition) is 1. The Labute approximate surface area is 221 Å². The summed E-state index contributed by atoms with van der Waals surface area (Å²) in [4.78, 5) is 37.1. The zero-order valence-electron chi connectivity index (χ0n) is 21.8. The van der Waals surface area contributed by atoms with Crippen LogP contribution in [0.25, 0.3) is 11.4 Å². The first kappa shape index (κ1) is 25.3. The molecule has 1 aliphatic rings. The Morgan fingerprint density at radius 2 is 1.95 bits per heavy atom. The van der Waals surface area contributed by atoms with E-state index in [1.807, 2.05) is 78.5 Å². The summed E-state index contributed by atoms with van der Waals surface area (Å²) in [5, 5.41) is 11.6. The number of ketones is 1. The van der Waals surface area contributed by atoms with Gasteiger partial charge in [0.15, 0.2) is 5.76 Å². The molecule has 1 unspecified atom stereocenters. The lowest BCUT2D eigenvalue weighted by Crippen LogP contribution is -2.31. The van der Waals surface area contributed by atoms with Crippen LogP contribution < -0.4 is 4.74 Å². The van der Waals surface area contributed by atoms with Crippen LogP contribution in [0.4, 0.5) is 0 Å². The number of aromatic nitrogens is 4. The molecule has 9 nitrogen and oxygen atoms in total. The summed E-state index contributed by atoms with van der Waals surface area (Å²) in [6.07, 6.45) is 8.60. The molecule has 1 aliphatic heterocycles. The van der Waals surface area contributed by atoms with Crippen LogP contribution in [-0.2, 0) is 16.1 Å². The van der Waals surface area contributed by atoms with Crippen LogP contribution in [0.5, 0.6) is 5.75 Å². The molecule has 4 aromatic rings. The number of carbonyl (C=O) groups excluding carboxylic acids is 2. The number of aliphatic hydroxyl groups is 1. The summed E-state index contributed by atoms with van der Waals surface area (Å²) in [6.45, 7) is 7.32. The van der Waals surface area contributed by atoms with Crippen molar-refractivity contribution in [3.8, 4) is 5.75 Å². The van der Waals surface area contributed by atoms with E-state index in [4.69, 9.17) is 4.74 Å². The maximum atomic E-state index is 13.5. The third kappa shape index (κ3) is 4.55. The van der Waals surface area contributed by atoms with Gasteiger partial charge < -0.3 is 23.7 Å². The normalized spacial score (nSPS) is 17.0. The van der Waals surface area contributed by atoms with Gasteiger partial charge in [0.05, 0.1) is 30.2 Å². The molecule has 1 atom stereocenters. The number of Topliss-reactive ketones (excluding diaryl/α,β-unsaturated/α-hetero) is 1. The fourth-order valence-corrected chi connectivity index (χ4v) is 4.97. The molecule has 0 bridgehead atoms. The lowest BCUT2D eigenvalue weighted by molar-refractivity contribution is -0.139. The van der Waals surface area contributed by atoms with E-state index in [0.29, 0.717) is 54.5 Å². The van der Waals surface area contributed by atoms with Gasteiger partial charge in [-0.05, 0) is 56.0 Å². The van der Waals surface area contributed by atoms with Crippen molar-refractivity contribution in [3.63, 3.8) is 0 Å². The molecule has 9 heteroatoms. The molecule has 196 valence electrons. The molecule has 5 rings (SSSR count). The third-order valence-corrected chi connectivity index (χ3v) is 6.87. The number of nitrogens with zero attached hydrogens (tertiary/aromatic N) is 5. The van der Waals surface area contributed by atoms with Crippen LogP contribution in [0.2, 0.25) is 0 Å². The number of pyridine rings is 1. The Morgan fingerprint density at radius 1 is 1.11 bits per heavy atom. The van der Waals surface area contributed by atoms with Crippen molar-refractivity contribution in [2.75, 3.05) is 13.2 Å². The minimum absolute atomic E-state index is 0.0365. The van der Waals surface area contributed by atoms with Crippen LogP contribution in [0, 0.1) is 13.8 Å². The first-order valence-electron chi connectivity index (χ1n) is 12.8. The number of aryl methyl sites for hydroxylation is 3. The molecule has 4 heterocycles. The largest absolute Gasteiger partial charge is 0.505 e. The summed E-state index contributed by atoms with van der Waals surface area (Å²) >= 11 is 0. The van der Waals surface area contributed by atoms with Crippen LogP contribution in [0.1, 0.15) is 48.3 Å². The topological polar surface area (TPSA) is 102 Å². The van der Waals surface area contributed by atoms with Crippen molar-refractivity contribution in [1.82, 2.24) is 23.8 Å². The number of ether oxygens (including phenoxy) is 1. The van der Waals surface area contributed by atoms with Gasteiger partial charge in [0.1, 0.15) is 17.1 Å². The van der Waals surface area contributed by atoms with Crippen molar-refractivity contribution >= 4 is 23.1 Å². The number of carbonyl (C=O) groups is 2. The number of hydrogen-bond acceptors (Lipinski definition) is 6. The van der Waals surface area contributed by atoms with Gasteiger partial charge in [-0.15, -0.1) is 0 Å². The zero-order chi connectivity index (χ0) is 26.8. The molecule has 3 aromatic heterocycles. The standard InChI is InChI=1S/C29H31N5O4/c1-4-16-38-22-10-5-9-21(17-22)25-23(26(35)24-20(3)33-13-6-8-19(2)28(33)31-24)27(36)29(37)34(25)14-7-12-32-15-11-30-18-32/h5-6,8-11,13,15,17-18,25,35H,4,7,12,14,16H2,1-3H3. The molecule has 0 spiro atoms. The smallest absolute Gasteiger partial charge is 0.295 e. The SMILES string of the molecule is CCCOc1cccc(C2C(=C(O)c3nc4c(C)cccn4c3C)C(=O)C(=O)N2CCCn2ccnc2)c1. The summed E-state index contributed by atoms with van der Waals surface area (Å²) in [6, 6.07) is 10.4. The van der Waals surface area contributed by atoms with Crippen molar-refractivity contribution < 1.29 is 19.4 Å². The van der Waals surface area contributed by atoms with E-state index in [0.717, 1.165) is 12.0 Å². The maximum Gasteiger partial charge on any atom is 0.295 e. The highest BCUT2D eigenvalue weighted by molar-refractivity contribution is 6.46. The first-order chi connectivity index (χ1) is 18.4. The van der Waals surface area contributed by atoms with E-state index in [2.05, 4.69) is 9.97 Å². The van der Waals surface area contributed by atoms with Crippen LogP contribution in [0.15, 0.2) is 66.9 Å². The third-order valence-electron chi connectivity index (χ3n) is 6.87. The predicted octanol–water partition coefficient (Wildman–Crippen LogP) is 4.45. The molecule has 1 N–H and O–H groups in total. The summed E-state index contributed by atoms with van der Waals surface area (Å²) in [5.74, 6) is -0.985. The van der Waals surface area contributed by atoms with Gasteiger partial charge in [0.2, 0.25) is 0 Å². The van der Waals surface area contributed by atoms with Crippen molar-refractivity contribution in [2.24, 2.45) is 0 Å². The Bertz CT molecular complexity index is 1520. The zero-order valence-corrected chi connectivity index (χ0v) is 21.8. The van der Waals surface area contributed by atoms with Gasteiger partial charge in [-0.25, -0.2) is 9.97 Å². The fourth-order valence-electron chi connectivity index (χ4n) is 4.97. The average molecular weight is 514 g/mol. The fraction of sp³-hybridized carbons (Fsp3) is 0.310. The van der Waals surface area contributed by atoms with E-state index in [-0.39, 0.29) is 11.3 Å². The molecule has 1 saturated heterocycles. The first-order valence-corrected chi connectivity index (χ1v) is 12.8. The van der Waals surface area contributed by atoms with Gasteiger partial charge in [0.25, 0.3) is 11.7 Å². The molecule has 0 aliphatic carbocycles.